The predicted molar refractivity (Wildman–Crippen MR) is 83.5 cm³/mol. The lowest BCUT2D eigenvalue weighted by molar-refractivity contribution is 0.474. The Morgan fingerprint density at radius 2 is 1.83 bits per heavy atom. The standard InChI is InChI=1S/C15H15BrOSi/c1-18(2,3)9-8-14-13-6-5-12(16)10-11(13)4-7-15(14)17/h4-7,10,17H,1-3H3. The Labute approximate surface area is 117 Å². The second kappa shape index (κ2) is 4.79. The van der Waals surface area contributed by atoms with E-state index in [4.69, 9.17) is 0 Å². The van der Waals surface area contributed by atoms with Crippen LogP contribution in [0.2, 0.25) is 19.6 Å². The van der Waals surface area contributed by atoms with Crippen molar-refractivity contribution in [1.82, 2.24) is 0 Å². The second-order valence-electron chi connectivity index (χ2n) is 5.33. The van der Waals surface area contributed by atoms with Gasteiger partial charge < -0.3 is 5.11 Å². The van der Waals surface area contributed by atoms with Gasteiger partial charge in [0.25, 0.3) is 0 Å². The van der Waals surface area contributed by atoms with Crippen molar-refractivity contribution in [3.8, 4) is 17.2 Å². The zero-order valence-electron chi connectivity index (χ0n) is 10.7. The molecule has 0 saturated carbocycles. The third-order valence-electron chi connectivity index (χ3n) is 2.52. The molecule has 0 fully saturated rings. The van der Waals surface area contributed by atoms with Gasteiger partial charge in [0, 0.05) is 9.86 Å². The molecular formula is C15H15BrOSi. The van der Waals surface area contributed by atoms with Gasteiger partial charge >= 0.3 is 0 Å². The van der Waals surface area contributed by atoms with Crippen LogP contribution in [-0.2, 0) is 0 Å². The Kier molecular flexibility index (Phi) is 3.51. The van der Waals surface area contributed by atoms with E-state index in [-0.39, 0.29) is 5.75 Å². The summed E-state index contributed by atoms with van der Waals surface area (Å²) in [6.45, 7) is 6.58. The van der Waals surface area contributed by atoms with E-state index < -0.39 is 8.07 Å². The van der Waals surface area contributed by atoms with Crippen molar-refractivity contribution in [1.29, 1.82) is 0 Å². The molecule has 0 aromatic heterocycles. The van der Waals surface area contributed by atoms with Crippen molar-refractivity contribution in [2.75, 3.05) is 0 Å². The number of rotatable bonds is 0. The first kappa shape index (κ1) is 13.2. The van der Waals surface area contributed by atoms with Crippen molar-refractivity contribution in [3.63, 3.8) is 0 Å². The molecule has 0 heterocycles. The van der Waals surface area contributed by atoms with Gasteiger partial charge in [-0.25, -0.2) is 0 Å². The number of fused-ring (bicyclic) bond motifs is 1. The van der Waals surface area contributed by atoms with Gasteiger partial charge in [-0.15, -0.1) is 5.54 Å². The third kappa shape index (κ3) is 2.95. The summed E-state index contributed by atoms with van der Waals surface area (Å²) in [6, 6.07) is 9.63. The summed E-state index contributed by atoms with van der Waals surface area (Å²) in [5.41, 5.74) is 4.04. The molecule has 2 aromatic rings. The average Bonchev–Trinajstić information content (AvgIpc) is 2.26. The molecule has 1 nitrogen and oxygen atoms in total. The molecular weight excluding hydrogens is 304 g/mol. The number of hydrogen-bond donors (Lipinski definition) is 1. The van der Waals surface area contributed by atoms with Crippen LogP contribution in [0.15, 0.2) is 34.8 Å². The molecule has 2 aromatic carbocycles. The minimum absolute atomic E-state index is 0.260. The molecule has 92 valence electrons. The number of halogens is 1. The Morgan fingerprint density at radius 1 is 1.11 bits per heavy atom. The number of benzene rings is 2. The molecule has 0 aliphatic carbocycles. The topological polar surface area (TPSA) is 20.2 Å². The van der Waals surface area contributed by atoms with Crippen molar-refractivity contribution in [2.45, 2.75) is 19.6 Å². The highest BCUT2D eigenvalue weighted by molar-refractivity contribution is 9.10. The van der Waals surface area contributed by atoms with Gasteiger partial charge in [0.05, 0.1) is 5.56 Å². The van der Waals surface area contributed by atoms with Crippen LogP contribution >= 0.6 is 15.9 Å². The molecule has 0 amide bonds. The van der Waals surface area contributed by atoms with Crippen molar-refractivity contribution in [2.24, 2.45) is 0 Å². The van der Waals surface area contributed by atoms with Crippen LogP contribution in [0.3, 0.4) is 0 Å². The van der Waals surface area contributed by atoms with Gasteiger partial charge in [0.15, 0.2) is 0 Å². The van der Waals surface area contributed by atoms with Gasteiger partial charge in [-0.05, 0) is 23.6 Å². The van der Waals surface area contributed by atoms with E-state index in [1.165, 1.54) is 0 Å². The molecule has 1 N–H and O–H groups in total. The largest absolute Gasteiger partial charge is 0.507 e. The molecule has 3 heteroatoms. The van der Waals surface area contributed by atoms with E-state index in [1.807, 2.05) is 24.3 Å². The van der Waals surface area contributed by atoms with E-state index >= 15 is 0 Å². The highest BCUT2D eigenvalue weighted by Crippen LogP contribution is 2.28. The first-order chi connectivity index (χ1) is 8.37. The summed E-state index contributed by atoms with van der Waals surface area (Å²) < 4.78 is 1.03. The van der Waals surface area contributed by atoms with Crippen LogP contribution < -0.4 is 0 Å². The molecule has 0 saturated heterocycles. The van der Waals surface area contributed by atoms with E-state index in [0.29, 0.717) is 0 Å². The minimum atomic E-state index is -1.44. The maximum Gasteiger partial charge on any atom is 0.131 e. The second-order valence-corrected chi connectivity index (χ2v) is 11.0. The van der Waals surface area contributed by atoms with Crippen molar-refractivity contribution >= 4 is 34.8 Å². The third-order valence-corrected chi connectivity index (χ3v) is 3.89. The molecule has 0 aliphatic heterocycles. The highest BCUT2D eigenvalue weighted by Gasteiger charge is 2.09. The van der Waals surface area contributed by atoms with Gasteiger partial charge in [-0.3, -0.25) is 0 Å². The van der Waals surface area contributed by atoms with E-state index in [0.717, 1.165) is 20.8 Å². The number of phenols is 1. The summed E-state index contributed by atoms with van der Waals surface area (Å²) in [7, 11) is -1.44. The summed E-state index contributed by atoms with van der Waals surface area (Å²) in [5.74, 6) is 3.42. The fraction of sp³-hybridized carbons (Fsp3) is 0.200. The quantitative estimate of drug-likeness (QED) is 0.558. The maximum atomic E-state index is 9.98. The molecule has 2 rings (SSSR count). The summed E-state index contributed by atoms with van der Waals surface area (Å²) in [4.78, 5) is 0. The zero-order valence-corrected chi connectivity index (χ0v) is 13.3. The molecule has 0 radical (unpaired) electrons. The van der Waals surface area contributed by atoms with Crippen LogP contribution in [0.25, 0.3) is 10.8 Å². The van der Waals surface area contributed by atoms with Crippen molar-refractivity contribution in [3.05, 3.63) is 40.4 Å². The van der Waals surface area contributed by atoms with Crippen LogP contribution in [0, 0.1) is 11.5 Å². The Bertz CT molecular complexity index is 660. The highest BCUT2D eigenvalue weighted by atomic mass is 79.9. The Balaban J connectivity index is 2.68. The molecule has 0 atom stereocenters. The van der Waals surface area contributed by atoms with Gasteiger partial charge in [0.2, 0.25) is 0 Å². The van der Waals surface area contributed by atoms with E-state index in [9.17, 15) is 5.11 Å². The number of hydrogen-bond acceptors (Lipinski definition) is 1. The lowest BCUT2D eigenvalue weighted by Gasteiger charge is -2.06. The van der Waals surface area contributed by atoms with Gasteiger partial charge in [0.1, 0.15) is 13.8 Å². The van der Waals surface area contributed by atoms with Crippen molar-refractivity contribution < 1.29 is 5.11 Å². The Hall–Kier alpha value is -1.24. The van der Waals surface area contributed by atoms with Gasteiger partial charge in [-0.1, -0.05) is 53.6 Å². The first-order valence-corrected chi connectivity index (χ1v) is 10.1. The summed E-state index contributed by atoms with van der Waals surface area (Å²) in [5, 5.41) is 12.1. The molecule has 0 aliphatic rings. The fourth-order valence-electron chi connectivity index (χ4n) is 1.67. The van der Waals surface area contributed by atoms with E-state index in [2.05, 4.69) is 47.0 Å². The fourth-order valence-corrected chi connectivity index (χ4v) is 2.55. The molecule has 0 unspecified atom stereocenters. The van der Waals surface area contributed by atoms with Crippen LogP contribution in [0.1, 0.15) is 5.56 Å². The zero-order chi connectivity index (χ0) is 13.3. The van der Waals surface area contributed by atoms with Gasteiger partial charge in [-0.2, -0.15) is 0 Å². The predicted octanol–water partition coefficient (Wildman–Crippen LogP) is 4.54. The normalized spacial score (nSPS) is 11.1. The summed E-state index contributed by atoms with van der Waals surface area (Å²) >= 11 is 3.45. The number of aromatic hydroxyl groups is 1. The number of phenolic OH excluding ortho intramolecular Hbond substituents is 1. The molecule has 18 heavy (non-hydrogen) atoms. The SMILES string of the molecule is C[Si](C)(C)C#Cc1c(O)ccc2cc(Br)ccc12. The summed E-state index contributed by atoms with van der Waals surface area (Å²) in [6.07, 6.45) is 0. The first-order valence-electron chi connectivity index (χ1n) is 5.81. The lowest BCUT2D eigenvalue weighted by atomic mass is 10.0. The average molecular weight is 319 g/mol. The minimum Gasteiger partial charge on any atom is -0.507 e. The lowest BCUT2D eigenvalue weighted by Crippen LogP contribution is -2.16. The van der Waals surface area contributed by atoms with Crippen LogP contribution in [-0.4, -0.2) is 13.2 Å². The monoisotopic (exact) mass is 318 g/mol. The molecule has 0 spiro atoms. The maximum absolute atomic E-state index is 9.98. The van der Waals surface area contributed by atoms with E-state index in [1.54, 1.807) is 6.07 Å². The molecule has 0 bridgehead atoms. The smallest absolute Gasteiger partial charge is 0.131 e. The van der Waals surface area contributed by atoms with Crippen LogP contribution in [0.5, 0.6) is 5.75 Å². The van der Waals surface area contributed by atoms with Crippen LogP contribution in [0.4, 0.5) is 0 Å². The Morgan fingerprint density at radius 3 is 2.50 bits per heavy atom.